The molecule has 24 nitrogen and oxygen atoms in total. The van der Waals surface area contributed by atoms with E-state index in [9.17, 15) is 54.8 Å². The number of methoxy groups -OCH3 is 8. The Hall–Kier alpha value is -7.16. The second-order valence-corrected chi connectivity index (χ2v) is 28.3. The summed E-state index contributed by atoms with van der Waals surface area (Å²) in [6.45, 7) is -34.6. The Morgan fingerprint density at radius 2 is 0.592 bits per heavy atom. The van der Waals surface area contributed by atoms with Gasteiger partial charge in [-0.05, 0) is 191 Å². The monoisotopic (exact) mass is 1750 g/mol. The molecule has 672 valence electrons. The van der Waals surface area contributed by atoms with Crippen LogP contribution in [-0.4, -0.2) is 201 Å². The summed E-state index contributed by atoms with van der Waals surface area (Å²) in [4.78, 5) is 51.7. The van der Waals surface area contributed by atoms with Gasteiger partial charge < -0.3 is 79.8 Å². The molecule has 4 saturated heterocycles. The van der Waals surface area contributed by atoms with Gasteiger partial charge in [-0.25, -0.2) is 0 Å². The maximum absolute atomic E-state index is 13.4. The number of nitrogens with zero attached hydrogens (tertiary/aromatic N) is 4. The van der Waals surface area contributed by atoms with E-state index in [-0.39, 0.29) is 27.9 Å². The summed E-state index contributed by atoms with van der Waals surface area (Å²) in [7, 11) is 0.113. The van der Waals surface area contributed by atoms with Crippen molar-refractivity contribution in [3.63, 3.8) is 0 Å². The zero-order valence-corrected chi connectivity index (χ0v) is 69.0. The van der Waals surface area contributed by atoms with E-state index in [0.29, 0.717) is 52.0 Å². The van der Waals surface area contributed by atoms with Gasteiger partial charge in [-0.1, -0.05) is 110 Å². The number of carbonyl (C=O) groups is 4. The minimum atomic E-state index is -4.58. The molecule has 20 atom stereocenters. The number of esters is 4. The zero-order valence-electron chi connectivity index (χ0n) is 141. The number of rotatable bonds is 28. The number of ether oxygens (including phenoxy) is 12. The lowest BCUT2D eigenvalue weighted by atomic mass is 9.79. The molecule has 0 amide bonds. The van der Waals surface area contributed by atoms with Crippen molar-refractivity contribution >= 4 is 23.9 Å². The highest BCUT2D eigenvalue weighted by Gasteiger charge is 2.47. The van der Waals surface area contributed by atoms with Crippen LogP contribution in [0.15, 0.2) is 48.5 Å². The third kappa shape index (κ3) is 23.8. The van der Waals surface area contributed by atoms with Gasteiger partial charge in [-0.2, -0.15) is 0 Å². The van der Waals surface area contributed by atoms with Gasteiger partial charge in [0.05, 0.1) is 73.2 Å². The lowest BCUT2D eigenvalue weighted by Gasteiger charge is -2.47. The molecule has 24 heteroatoms. The fourth-order valence-corrected chi connectivity index (χ4v) is 11.3. The summed E-state index contributed by atoms with van der Waals surface area (Å²) >= 11 is 0. The van der Waals surface area contributed by atoms with Gasteiger partial charge in [0.2, 0.25) is 0 Å². The molecule has 8 aliphatic heterocycles. The predicted molar refractivity (Wildman–Crippen MR) is 471 cm³/mol. The number of benzene rings is 4. The Bertz CT molecular complexity index is 7540. The van der Waals surface area contributed by atoms with Crippen LogP contribution in [0, 0.1) is 70.8 Å². The molecular weight excluding hydrogens is 1520 g/mol. The maximum atomic E-state index is 13.4. The molecule has 16 unspecified atom stereocenters. The van der Waals surface area contributed by atoms with Crippen LogP contribution in [0.25, 0.3) is 0 Å². The van der Waals surface area contributed by atoms with E-state index in [2.05, 4.69) is 0 Å². The quantitative estimate of drug-likeness (QED) is 0.0303. The van der Waals surface area contributed by atoms with Gasteiger partial charge in [0.1, 0.15) is 48.5 Å². The average molecular weight is 1750 g/mol. The topological polar surface area (TPSA) is 296 Å². The highest BCUT2D eigenvalue weighted by Crippen LogP contribution is 2.50. The molecule has 4 aromatic rings. The molecule has 0 spiro atoms. The number of hydrogen-bond acceptors (Lipinski definition) is 24. The molecule has 8 N–H and O–H groups in total. The second-order valence-electron chi connectivity index (χ2n) is 28.3. The highest BCUT2D eigenvalue weighted by molar-refractivity contribution is 5.77. The van der Waals surface area contributed by atoms with Gasteiger partial charge in [0.25, 0.3) is 0 Å². The minimum absolute atomic E-state index is 0.169. The van der Waals surface area contributed by atoms with Crippen molar-refractivity contribution in [2.75, 3.05) is 109 Å². The SMILES string of the molecule is [2H]C([2H])([2H])C([2H])(C)C([2H])([2H])C1([2H])C(OC(=O)[C@@H](N)C(C)C)C([2H])([2H])C2([2H])c3cc(OC)c(OC)cc3C([2H])([2H])C([2H])([2H])N2C1([2H])[2H].[2H]C([2H])([2H])C([2H])(C)C([2H])([2H])C1([2H])C([2H])([2H])N2C([2H])([2H])C([2H])([2H])c3cc(OC)c(OC)cc3C2([2H])C([2H])([2H])C1([2H])OC(=O)[C@@H](N)C(C)C.[2H]C([2H])([2H])Oc1cc2c(cc1OC)C1([2H])N(C([2H])([2H])C2([2H])[2H])C([2H])([2H])C([2H])(C([2H])([2H])C([2H])(C)C([2H])([2H])[2H])C(OC(=O)[C@@H](N)C(C)C)C1([2H])[2H].[2H]C([2H])([2H])Oc1cc2c(cc1OC)C1([2H])N(C([2H])([2H])C2([2H])[2H])C([2H])([2H])C([2H])(C([2H])([2H])C([2H])(C)C([2H])([2H])[2H])C([2H])(OC(=O)[C@@H](N)C(C)C)C1([2H])[2H]. The van der Waals surface area contributed by atoms with Crippen molar-refractivity contribution in [3.8, 4) is 46.0 Å². The van der Waals surface area contributed by atoms with Crippen LogP contribution in [0.4, 0.5) is 0 Å². The number of hydrogen-bond donors (Lipinski definition) is 4. The van der Waals surface area contributed by atoms with Crippen molar-refractivity contribution in [2.24, 2.45) is 93.8 Å². The smallest absolute Gasteiger partial charge is 0.323 e. The third-order valence-corrected chi connectivity index (χ3v) is 18.0. The molecule has 12 rings (SSSR count). The van der Waals surface area contributed by atoms with Gasteiger partial charge in [-0.15, -0.1) is 0 Å². The van der Waals surface area contributed by atoms with Crippen molar-refractivity contribution in [1.82, 2.24) is 19.6 Å². The average Bonchev–Trinajstić information content (AvgIpc) is 0.623. The molecule has 0 saturated carbocycles. The first-order valence-electron chi connectivity index (χ1n) is 72.9. The van der Waals surface area contributed by atoms with Crippen molar-refractivity contribution in [2.45, 2.75) is 260 Å². The third-order valence-electron chi connectivity index (χ3n) is 18.0. The lowest BCUT2D eigenvalue weighted by Crippen LogP contribution is -2.51. The fourth-order valence-electron chi connectivity index (χ4n) is 11.3. The molecular formula is C96H152N8O16. The van der Waals surface area contributed by atoms with Crippen LogP contribution in [-0.2, 0) is 63.6 Å². The molecule has 0 aromatic heterocycles. The van der Waals surface area contributed by atoms with E-state index in [1.807, 2.05) is 0 Å². The first-order valence-corrected chi connectivity index (χ1v) is 36.9. The Kier molecular flexibility index (Phi) is 13.9. The number of piperidine rings is 4. The molecule has 0 aliphatic carbocycles. The Balaban J connectivity index is 0.000000278. The lowest BCUT2D eigenvalue weighted by molar-refractivity contribution is -0.161. The molecule has 4 aromatic carbocycles. The maximum Gasteiger partial charge on any atom is 0.323 e. The largest absolute Gasteiger partial charge is 0.493 e. The highest BCUT2D eigenvalue weighted by atomic mass is 16.6. The fraction of sp³-hybridized carbons (Fsp3) is 0.708. The number of aryl methyl sites for hydroxylation is 4. The van der Waals surface area contributed by atoms with E-state index >= 15 is 0 Å². The molecule has 120 heavy (non-hydrogen) atoms. The van der Waals surface area contributed by atoms with E-state index in [0.717, 1.165) is 59.8 Å². The van der Waals surface area contributed by atoms with E-state index in [4.69, 9.17) is 143 Å². The van der Waals surface area contributed by atoms with Gasteiger partial charge >= 0.3 is 23.9 Å². The van der Waals surface area contributed by atoms with Crippen LogP contribution in [0.5, 0.6) is 46.0 Å². The van der Waals surface area contributed by atoms with Gasteiger partial charge in [-0.3, -0.25) is 38.8 Å². The Labute approximate surface area is 819 Å². The van der Waals surface area contributed by atoms with Crippen LogP contribution >= 0.6 is 0 Å². The van der Waals surface area contributed by atoms with E-state index < -0.39 is 419 Å². The van der Waals surface area contributed by atoms with Crippen LogP contribution < -0.4 is 60.8 Å². The Morgan fingerprint density at radius 3 is 0.833 bits per heavy atom. The molecule has 4 fully saturated rings. The van der Waals surface area contributed by atoms with E-state index in [1.165, 1.54) is 62.5 Å². The summed E-state index contributed by atoms with van der Waals surface area (Å²) in [5.41, 5.74) is 16.5. The van der Waals surface area contributed by atoms with Crippen molar-refractivity contribution in [3.05, 3.63) is 93.0 Å². The van der Waals surface area contributed by atoms with Crippen molar-refractivity contribution in [1.29, 1.82) is 0 Å². The molecule has 0 bridgehead atoms. The van der Waals surface area contributed by atoms with Gasteiger partial charge in [0, 0.05) is 207 Å². The first-order chi connectivity index (χ1) is 84.4. The first kappa shape index (κ1) is 38.0. The Morgan fingerprint density at radius 1 is 0.367 bits per heavy atom. The summed E-state index contributed by atoms with van der Waals surface area (Å²) in [5.74, 6) is -44.8. The molecule has 8 heterocycles. The summed E-state index contributed by atoms with van der Waals surface area (Å²) in [5, 5.41) is 0. The zero-order chi connectivity index (χ0) is 152. The minimum Gasteiger partial charge on any atom is -0.493 e. The number of fused-ring (bicyclic) bond motifs is 12. The summed E-state index contributed by atoms with van der Waals surface area (Å²) in [6.07, 6.45) is -62.0. The van der Waals surface area contributed by atoms with Crippen LogP contribution in [0.1, 0.15) is 329 Å². The molecule has 8 aliphatic rings. The standard InChI is InChI=1S/4C24H38N2O4/c4*1-14(2)9-17-13-26-8-7-16-10-21(28-5)22(29-6)11-18(16)19(26)12-20(17)30-24(27)23(25)15(3)4/h4*10-11,14-15,17,19-20,23H,7-9,12-13,25H2,1-6H3/t4*17?,19?,20?,23-/m0000/s1/i1D3,5D3,7D2,8D2,9D2,12D2,13D2,14D,17D,19D,20D;1D3,7D2,8D2,9D2,12D2,13D2,14D,17D,19D,20D;1D3,5D3,7D2,8D2,9D2,12D2,13D2,14D,17D,19D;1D3,7D2,8D2,9D2,12D2,13D2,14D,17D,19D/t4*14?,17?,19?,20?,23-. The summed E-state index contributed by atoms with van der Waals surface area (Å²) < 4.78 is 691. The van der Waals surface area contributed by atoms with Gasteiger partial charge in [0.15, 0.2) is 46.0 Å². The van der Waals surface area contributed by atoms with E-state index in [1.54, 1.807) is 0 Å². The van der Waals surface area contributed by atoms with Crippen LogP contribution in [0.2, 0.25) is 0 Å². The number of carbonyl (C=O) groups excluding carboxylic acids is 4. The number of nitrogens with two attached hydrogens (primary N) is 4. The molecule has 0 radical (unpaired) electrons. The second kappa shape index (κ2) is 43.9. The summed E-state index contributed by atoms with van der Waals surface area (Å²) in [6, 6.07) is -15.4. The van der Waals surface area contributed by atoms with Crippen molar-refractivity contribution < 1.29 is 175 Å². The predicted octanol–water partition coefficient (Wildman–Crippen LogP) is 14.3. The van der Waals surface area contributed by atoms with Crippen LogP contribution in [0.3, 0.4) is 0 Å². The normalized spacial score (nSPS) is 49.6.